The van der Waals surface area contributed by atoms with E-state index in [1.54, 1.807) is 30.3 Å². The molecule has 0 aliphatic rings. The molecule has 1 N–H and O–H groups in total. The van der Waals surface area contributed by atoms with E-state index < -0.39 is 10.8 Å². The van der Waals surface area contributed by atoms with Crippen LogP contribution in [0, 0.1) is 24.0 Å². The summed E-state index contributed by atoms with van der Waals surface area (Å²) < 4.78 is 11.2. The number of carbonyl (C=O) groups is 1. The van der Waals surface area contributed by atoms with Gasteiger partial charge in [0.15, 0.2) is 5.43 Å². The summed E-state index contributed by atoms with van der Waals surface area (Å²) in [6, 6.07) is 15.6. The highest BCUT2D eigenvalue weighted by Crippen LogP contribution is 2.30. The second-order valence-corrected chi connectivity index (χ2v) is 7.61. The smallest absolute Gasteiger partial charge is 0.271 e. The summed E-state index contributed by atoms with van der Waals surface area (Å²) in [4.78, 5) is 35.8. The Balaban J connectivity index is 1.63. The van der Waals surface area contributed by atoms with Gasteiger partial charge in [-0.2, -0.15) is 0 Å². The molecular formula is C25H20N2O6. The highest BCUT2D eigenvalue weighted by Gasteiger charge is 2.15. The normalized spacial score (nSPS) is 10.8. The van der Waals surface area contributed by atoms with Crippen LogP contribution in [-0.2, 0) is 0 Å². The molecule has 4 aromatic rings. The Kier molecular flexibility index (Phi) is 5.66. The topological polar surface area (TPSA) is 112 Å². The van der Waals surface area contributed by atoms with Crippen molar-refractivity contribution in [2.75, 3.05) is 12.4 Å². The lowest BCUT2D eigenvalue weighted by atomic mass is 10.1. The number of anilines is 1. The Morgan fingerprint density at radius 2 is 1.76 bits per heavy atom. The number of nitro benzene ring substituents is 1. The van der Waals surface area contributed by atoms with E-state index in [0.717, 1.165) is 11.1 Å². The average Bonchev–Trinajstić information content (AvgIpc) is 2.79. The third-order valence-electron chi connectivity index (χ3n) is 5.23. The maximum atomic E-state index is 12.7. The number of nitrogens with zero attached hydrogens (tertiary/aromatic N) is 1. The standard InChI is InChI=1S/C25H20N2O6/c1-14-10-15(2)24-19(11-14)21(28)13-23(33-24)16-4-6-17(7-5-16)25(29)26-20-12-18(27(30)31)8-9-22(20)32-3/h4-13H,1-3H3,(H,26,29). The number of hydrogen-bond donors (Lipinski definition) is 1. The van der Waals surface area contributed by atoms with Crippen molar-refractivity contribution in [3.05, 3.63) is 97.7 Å². The summed E-state index contributed by atoms with van der Waals surface area (Å²) in [7, 11) is 1.41. The van der Waals surface area contributed by atoms with Crippen molar-refractivity contribution in [3.63, 3.8) is 0 Å². The Hall–Kier alpha value is -4.46. The summed E-state index contributed by atoms with van der Waals surface area (Å²) in [5.41, 5.74) is 3.22. The fourth-order valence-corrected chi connectivity index (χ4v) is 3.64. The molecule has 33 heavy (non-hydrogen) atoms. The monoisotopic (exact) mass is 444 g/mol. The fourth-order valence-electron chi connectivity index (χ4n) is 3.64. The van der Waals surface area contributed by atoms with Crippen molar-refractivity contribution >= 4 is 28.3 Å². The van der Waals surface area contributed by atoms with E-state index in [9.17, 15) is 19.7 Å². The van der Waals surface area contributed by atoms with Crippen molar-refractivity contribution in [3.8, 4) is 17.1 Å². The molecule has 0 aliphatic carbocycles. The molecule has 8 heteroatoms. The zero-order valence-corrected chi connectivity index (χ0v) is 18.2. The van der Waals surface area contributed by atoms with Gasteiger partial charge in [0.2, 0.25) is 0 Å². The van der Waals surface area contributed by atoms with Gasteiger partial charge in [-0.15, -0.1) is 0 Å². The minimum Gasteiger partial charge on any atom is -0.495 e. The van der Waals surface area contributed by atoms with Gasteiger partial charge in [-0.05, 0) is 49.2 Å². The zero-order chi connectivity index (χ0) is 23.7. The van der Waals surface area contributed by atoms with Gasteiger partial charge in [-0.25, -0.2) is 0 Å². The summed E-state index contributed by atoms with van der Waals surface area (Å²) in [6.07, 6.45) is 0. The lowest BCUT2D eigenvalue weighted by molar-refractivity contribution is -0.384. The van der Waals surface area contributed by atoms with Crippen LogP contribution in [0.2, 0.25) is 0 Å². The van der Waals surface area contributed by atoms with Crippen molar-refractivity contribution in [1.82, 2.24) is 0 Å². The number of non-ortho nitro benzene ring substituents is 1. The first-order valence-corrected chi connectivity index (χ1v) is 10.1. The van der Waals surface area contributed by atoms with E-state index in [0.29, 0.717) is 33.6 Å². The van der Waals surface area contributed by atoms with Gasteiger partial charge in [-0.3, -0.25) is 19.7 Å². The second kappa shape index (κ2) is 8.58. The van der Waals surface area contributed by atoms with Gasteiger partial charge in [0.1, 0.15) is 17.1 Å². The van der Waals surface area contributed by atoms with Gasteiger partial charge >= 0.3 is 0 Å². The number of nitrogens with one attached hydrogen (secondary N) is 1. The molecule has 0 fully saturated rings. The van der Waals surface area contributed by atoms with Crippen LogP contribution in [0.5, 0.6) is 5.75 Å². The predicted octanol–water partition coefficient (Wildman–Crippen LogP) is 5.25. The molecule has 0 unspecified atom stereocenters. The molecule has 0 spiro atoms. The number of amides is 1. The number of ether oxygens (including phenoxy) is 1. The van der Waals surface area contributed by atoms with Gasteiger partial charge < -0.3 is 14.5 Å². The average molecular weight is 444 g/mol. The Labute approximate surface area is 188 Å². The number of methoxy groups -OCH3 is 1. The van der Waals surface area contributed by atoms with Crippen LogP contribution >= 0.6 is 0 Å². The van der Waals surface area contributed by atoms with E-state index in [1.165, 1.54) is 31.4 Å². The van der Waals surface area contributed by atoms with E-state index in [4.69, 9.17) is 9.15 Å². The molecule has 1 aromatic heterocycles. The number of rotatable bonds is 5. The molecule has 166 valence electrons. The molecule has 8 nitrogen and oxygen atoms in total. The quantitative estimate of drug-likeness (QED) is 0.333. The zero-order valence-electron chi connectivity index (χ0n) is 18.2. The van der Waals surface area contributed by atoms with Crippen LogP contribution in [0.1, 0.15) is 21.5 Å². The van der Waals surface area contributed by atoms with Crippen molar-refractivity contribution in [1.29, 1.82) is 0 Å². The fraction of sp³-hybridized carbons (Fsp3) is 0.120. The minimum atomic E-state index is -0.551. The SMILES string of the molecule is COc1ccc([N+](=O)[O-])cc1NC(=O)c1ccc(-c2cc(=O)c3cc(C)cc(C)c3o2)cc1. The second-order valence-electron chi connectivity index (χ2n) is 7.61. The summed E-state index contributed by atoms with van der Waals surface area (Å²) in [5.74, 6) is 0.229. The van der Waals surface area contributed by atoms with E-state index >= 15 is 0 Å². The van der Waals surface area contributed by atoms with Gasteiger partial charge in [0.25, 0.3) is 11.6 Å². The van der Waals surface area contributed by atoms with Crippen LogP contribution in [0.3, 0.4) is 0 Å². The summed E-state index contributed by atoms with van der Waals surface area (Å²) in [6.45, 7) is 3.81. The largest absolute Gasteiger partial charge is 0.495 e. The Bertz CT molecular complexity index is 1450. The number of hydrogen-bond acceptors (Lipinski definition) is 6. The summed E-state index contributed by atoms with van der Waals surface area (Å²) >= 11 is 0. The van der Waals surface area contributed by atoms with Crippen molar-refractivity contribution in [2.45, 2.75) is 13.8 Å². The first kappa shape index (κ1) is 21.8. The number of aryl methyl sites for hydroxylation is 2. The van der Waals surface area contributed by atoms with Gasteiger partial charge in [0.05, 0.1) is 23.1 Å². The maximum Gasteiger partial charge on any atom is 0.271 e. The molecule has 1 amide bonds. The molecule has 0 atom stereocenters. The third kappa shape index (κ3) is 4.31. The number of nitro groups is 1. The van der Waals surface area contributed by atoms with Crippen LogP contribution in [0.25, 0.3) is 22.3 Å². The molecule has 0 bridgehead atoms. The minimum absolute atomic E-state index is 0.141. The number of benzene rings is 3. The molecule has 0 aliphatic heterocycles. The van der Waals surface area contributed by atoms with E-state index in [1.807, 2.05) is 19.9 Å². The first-order chi connectivity index (χ1) is 15.8. The highest BCUT2D eigenvalue weighted by molar-refractivity contribution is 6.05. The molecule has 3 aromatic carbocycles. The van der Waals surface area contributed by atoms with Crippen LogP contribution in [-0.4, -0.2) is 17.9 Å². The molecule has 1 heterocycles. The van der Waals surface area contributed by atoms with E-state index in [-0.39, 0.29) is 16.8 Å². The molecule has 0 saturated heterocycles. The van der Waals surface area contributed by atoms with Crippen LogP contribution < -0.4 is 15.5 Å². The van der Waals surface area contributed by atoms with Crippen molar-refractivity contribution in [2.24, 2.45) is 0 Å². The first-order valence-electron chi connectivity index (χ1n) is 10.1. The lowest BCUT2D eigenvalue weighted by Gasteiger charge is -2.10. The molecular weight excluding hydrogens is 424 g/mol. The Morgan fingerprint density at radius 3 is 2.42 bits per heavy atom. The van der Waals surface area contributed by atoms with Gasteiger partial charge in [-0.1, -0.05) is 18.2 Å². The number of carbonyl (C=O) groups excluding carboxylic acids is 1. The maximum absolute atomic E-state index is 12.7. The van der Waals surface area contributed by atoms with Crippen LogP contribution in [0.4, 0.5) is 11.4 Å². The van der Waals surface area contributed by atoms with Crippen LogP contribution in [0.15, 0.2) is 69.9 Å². The molecule has 0 saturated carbocycles. The lowest BCUT2D eigenvalue weighted by Crippen LogP contribution is -2.12. The van der Waals surface area contributed by atoms with Crippen molar-refractivity contribution < 1.29 is 18.9 Å². The van der Waals surface area contributed by atoms with E-state index in [2.05, 4.69) is 5.32 Å². The summed E-state index contributed by atoms with van der Waals surface area (Å²) in [5, 5.41) is 14.2. The molecule has 4 rings (SSSR count). The molecule has 0 radical (unpaired) electrons. The Morgan fingerprint density at radius 1 is 1.03 bits per heavy atom. The van der Waals surface area contributed by atoms with Gasteiger partial charge in [0, 0.05) is 29.3 Å². The number of fused-ring (bicyclic) bond motifs is 1. The predicted molar refractivity (Wildman–Crippen MR) is 125 cm³/mol. The third-order valence-corrected chi connectivity index (χ3v) is 5.23. The highest BCUT2D eigenvalue weighted by atomic mass is 16.6.